The highest BCUT2D eigenvalue weighted by molar-refractivity contribution is 7.98. The second-order valence-electron chi connectivity index (χ2n) is 6.15. The summed E-state index contributed by atoms with van der Waals surface area (Å²) in [6.07, 6.45) is 5.77. The quantitative estimate of drug-likeness (QED) is 0.782. The Labute approximate surface area is 149 Å². The van der Waals surface area contributed by atoms with E-state index in [0.717, 1.165) is 37.2 Å². The molecule has 0 saturated carbocycles. The number of carbonyl (C=O) groups is 1. The number of piperidine rings is 1. The van der Waals surface area contributed by atoms with Crippen LogP contribution in [0.3, 0.4) is 0 Å². The SMILES string of the molecule is CC[C@@H](C)NS(=O)(=O)c1ccc(SC)c(C(=O)N2CCCCC2)c1. The zero-order valence-corrected chi connectivity index (χ0v) is 16.2. The Morgan fingerprint density at radius 1 is 1.29 bits per heavy atom. The minimum atomic E-state index is -3.61. The van der Waals surface area contributed by atoms with Crippen LogP contribution in [0.1, 0.15) is 49.9 Å². The van der Waals surface area contributed by atoms with Crippen molar-refractivity contribution in [3.8, 4) is 0 Å². The molecule has 134 valence electrons. The number of hydrogen-bond donors (Lipinski definition) is 1. The number of nitrogens with one attached hydrogen (secondary N) is 1. The lowest BCUT2D eigenvalue weighted by molar-refractivity contribution is 0.0720. The standard InChI is InChI=1S/C17H26N2O3S2/c1-4-13(2)18-24(21,22)14-8-9-16(23-3)15(12-14)17(20)19-10-6-5-7-11-19/h8-9,12-13,18H,4-7,10-11H2,1-3H3/t13-/m1/s1. The Hall–Kier alpha value is -1.05. The van der Waals surface area contributed by atoms with E-state index in [1.807, 2.05) is 25.0 Å². The summed E-state index contributed by atoms with van der Waals surface area (Å²) >= 11 is 1.46. The molecular weight excluding hydrogens is 344 g/mol. The number of amides is 1. The average Bonchev–Trinajstić information content (AvgIpc) is 2.60. The van der Waals surface area contributed by atoms with Crippen LogP contribution in [0.5, 0.6) is 0 Å². The highest BCUT2D eigenvalue weighted by atomic mass is 32.2. The van der Waals surface area contributed by atoms with Crippen molar-refractivity contribution in [1.29, 1.82) is 0 Å². The van der Waals surface area contributed by atoms with Crippen molar-refractivity contribution < 1.29 is 13.2 Å². The van der Waals surface area contributed by atoms with E-state index in [0.29, 0.717) is 12.0 Å². The fraction of sp³-hybridized carbons (Fsp3) is 0.588. The molecule has 5 nitrogen and oxygen atoms in total. The van der Waals surface area contributed by atoms with Crippen molar-refractivity contribution >= 4 is 27.7 Å². The highest BCUT2D eigenvalue weighted by Crippen LogP contribution is 2.26. The minimum absolute atomic E-state index is 0.0698. The van der Waals surface area contributed by atoms with Gasteiger partial charge in [-0.15, -0.1) is 11.8 Å². The first kappa shape index (κ1) is 19.3. The fourth-order valence-corrected chi connectivity index (χ4v) is 4.63. The Morgan fingerprint density at radius 3 is 2.54 bits per heavy atom. The molecule has 1 aliphatic rings. The van der Waals surface area contributed by atoms with Crippen LogP contribution < -0.4 is 4.72 Å². The number of rotatable bonds is 6. The van der Waals surface area contributed by atoms with Gasteiger partial charge in [0.2, 0.25) is 10.0 Å². The molecule has 0 radical (unpaired) electrons. The van der Waals surface area contributed by atoms with Crippen LogP contribution in [0.15, 0.2) is 28.0 Å². The summed E-state index contributed by atoms with van der Waals surface area (Å²) < 4.78 is 27.7. The first-order valence-corrected chi connectivity index (χ1v) is 11.1. The molecule has 1 atom stereocenters. The molecule has 1 saturated heterocycles. The van der Waals surface area contributed by atoms with Gasteiger partial charge in [-0.2, -0.15) is 0 Å². The number of benzene rings is 1. The van der Waals surface area contributed by atoms with Crippen LogP contribution >= 0.6 is 11.8 Å². The second kappa shape index (κ2) is 8.36. The molecule has 1 aliphatic heterocycles. The number of thioether (sulfide) groups is 1. The van der Waals surface area contributed by atoms with Gasteiger partial charge in [0, 0.05) is 24.0 Å². The lowest BCUT2D eigenvalue weighted by Gasteiger charge is -2.27. The van der Waals surface area contributed by atoms with Crippen LogP contribution in [0, 0.1) is 0 Å². The van der Waals surface area contributed by atoms with Crippen molar-refractivity contribution in [2.24, 2.45) is 0 Å². The molecule has 1 N–H and O–H groups in total. The van der Waals surface area contributed by atoms with E-state index >= 15 is 0 Å². The normalized spacial score (nSPS) is 16.9. The Balaban J connectivity index is 2.35. The molecule has 24 heavy (non-hydrogen) atoms. The molecule has 1 heterocycles. The van der Waals surface area contributed by atoms with Gasteiger partial charge in [-0.1, -0.05) is 6.92 Å². The van der Waals surface area contributed by atoms with Crippen LogP contribution in [0.2, 0.25) is 0 Å². The Morgan fingerprint density at radius 2 is 1.96 bits per heavy atom. The zero-order valence-electron chi connectivity index (χ0n) is 14.5. The van der Waals surface area contributed by atoms with E-state index in [1.165, 1.54) is 17.8 Å². The summed E-state index contributed by atoms with van der Waals surface area (Å²) in [5.41, 5.74) is 0.483. The molecule has 2 rings (SSSR count). The number of sulfonamides is 1. The molecule has 7 heteroatoms. The first-order valence-electron chi connectivity index (χ1n) is 8.38. The van der Waals surface area contributed by atoms with Crippen LogP contribution in [0.4, 0.5) is 0 Å². The summed E-state index contributed by atoms with van der Waals surface area (Å²) in [5.74, 6) is -0.0698. The molecule has 1 aromatic rings. The summed E-state index contributed by atoms with van der Waals surface area (Å²) in [4.78, 5) is 15.6. The minimum Gasteiger partial charge on any atom is -0.339 e. The van der Waals surface area contributed by atoms with Crippen LogP contribution in [-0.4, -0.2) is 44.6 Å². The van der Waals surface area contributed by atoms with E-state index in [-0.39, 0.29) is 16.8 Å². The van der Waals surface area contributed by atoms with Crippen LogP contribution in [0.25, 0.3) is 0 Å². The topological polar surface area (TPSA) is 66.5 Å². The first-order chi connectivity index (χ1) is 11.4. The molecule has 1 aromatic carbocycles. The maximum Gasteiger partial charge on any atom is 0.255 e. The predicted molar refractivity (Wildman–Crippen MR) is 98.1 cm³/mol. The van der Waals surface area contributed by atoms with Gasteiger partial charge in [0.15, 0.2) is 0 Å². The van der Waals surface area contributed by atoms with Crippen molar-refractivity contribution in [1.82, 2.24) is 9.62 Å². The molecule has 1 amide bonds. The maximum absolute atomic E-state index is 12.8. The molecular formula is C17H26N2O3S2. The van der Waals surface area contributed by atoms with E-state index in [9.17, 15) is 13.2 Å². The van der Waals surface area contributed by atoms with Gasteiger partial charge in [0.25, 0.3) is 5.91 Å². The average molecular weight is 371 g/mol. The molecule has 0 aromatic heterocycles. The van der Waals surface area contributed by atoms with Crippen molar-refractivity contribution in [3.05, 3.63) is 23.8 Å². The molecule has 0 unspecified atom stereocenters. The smallest absolute Gasteiger partial charge is 0.255 e. The maximum atomic E-state index is 12.8. The highest BCUT2D eigenvalue weighted by Gasteiger charge is 2.24. The molecule has 0 spiro atoms. The van der Waals surface area contributed by atoms with E-state index in [1.54, 1.807) is 12.1 Å². The fourth-order valence-electron chi connectivity index (χ4n) is 2.70. The number of nitrogens with zero attached hydrogens (tertiary/aromatic N) is 1. The lowest BCUT2D eigenvalue weighted by atomic mass is 10.1. The van der Waals surface area contributed by atoms with E-state index < -0.39 is 10.0 Å². The van der Waals surface area contributed by atoms with E-state index in [2.05, 4.69) is 4.72 Å². The summed E-state index contributed by atoms with van der Waals surface area (Å²) in [6, 6.07) is 4.68. The Kier molecular flexibility index (Phi) is 6.71. The zero-order chi connectivity index (χ0) is 17.7. The molecule has 1 fully saturated rings. The number of carbonyl (C=O) groups excluding carboxylic acids is 1. The van der Waals surface area contributed by atoms with Gasteiger partial charge in [-0.05, 0) is 57.1 Å². The summed E-state index contributed by atoms with van der Waals surface area (Å²) in [7, 11) is -3.61. The number of hydrogen-bond acceptors (Lipinski definition) is 4. The van der Waals surface area contributed by atoms with Gasteiger partial charge in [-0.3, -0.25) is 4.79 Å². The number of likely N-dealkylation sites (tertiary alicyclic amines) is 1. The molecule has 0 bridgehead atoms. The second-order valence-corrected chi connectivity index (χ2v) is 8.71. The Bertz CT molecular complexity index is 683. The van der Waals surface area contributed by atoms with Gasteiger partial charge in [0.1, 0.15) is 0 Å². The summed E-state index contributed by atoms with van der Waals surface area (Å²) in [5, 5.41) is 0. The van der Waals surface area contributed by atoms with Gasteiger partial charge in [-0.25, -0.2) is 13.1 Å². The third kappa shape index (κ3) is 4.52. The van der Waals surface area contributed by atoms with E-state index in [4.69, 9.17) is 0 Å². The largest absolute Gasteiger partial charge is 0.339 e. The predicted octanol–water partition coefficient (Wildman–Crippen LogP) is 3.11. The van der Waals surface area contributed by atoms with Crippen LogP contribution in [-0.2, 0) is 10.0 Å². The van der Waals surface area contributed by atoms with Gasteiger partial charge in [0.05, 0.1) is 10.5 Å². The summed E-state index contributed by atoms with van der Waals surface area (Å²) in [6.45, 7) is 5.24. The van der Waals surface area contributed by atoms with Crippen molar-refractivity contribution in [2.45, 2.75) is 55.4 Å². The lowest BCUT2D eigenvalue weighted by Crippen LogP contribution is -2.36. The third-order valence-electron chi connectivity index (χ3n) is 4.32. The third-order valence-corrected chi connectivity index (χ3v) is 6.71. The van der Waals surface area contributed by atoms with Gasteiger partial charge < -0.3 is 4.90 Å². The van der Waals surface area contributed by atoms with Crippen molar-refractivity contribution in [2.75, 3.05) is 19.3 Å². The monoisotopic (exact) mass is 370 g/mol. The molecule has 0 aliphatic carbocycles. The van der Waals surface area contributed by atoms with Gasteiger partial charge >= 0.3 is 0 Å². The van der Waals surface area contributed by atoms with Crippen molar-refractivity contribution in [3.63, 3.8) is 0 Å².